The number of rotatable bonds is 2. The van der Waals surface area contributed by atoms with E-state index in [2.05, 4.69) is 0 Å². The summed E-state index contributed by atoms with van der Waals surface area (Å²) >= 11 is 0. The van der Waals surface area contributed by atoms with Crippen molar-refractivity contribution >= 4 is 17.7 Å². The summed E-state index contributed by atoms with van der Waals surface area (Å²) in [4.78, 5) is 24.3. The zero-order valence-electron chi connectivity index (χ0n) is 10.3. The summed E-state index contributed by atoms with van der Waals surface area (Å²) in [6.07, 6.45) is 0.109. The quantitative estimate of drug-likeness (QED) is 0.873. The molecule has 0 atom stereocenters. The first-order chi connectivity index (χ1) is 8.49. The van der Waals surface area contributed by atoms with E-state index in [1.54, 1.807) is 26.0 Å². The Morgan fingerprint density at radius 2 is 2.11 bits per heavy atom. The van der Waals surface area contributed by atoms with Crippen LogP contribution in [0.3, 0.4) is 0 Å². The Labute approximate surface area is 105 Å². The molecular formula is C13H15NO4. The van der Waals surface area contributed by atoms with Crippen molar-refractivity contribution in [1.29, 1.82) is 0 Å². The van der Waals surface area contributed by atoms with Gasteiger partial charge in [0.15, 0.2) is 0 Å². The minimum absolute atomic E-state index is 0.179. The van der Waals surface area contributed by atoms with Gasteiger partial charge in [-0.15, -0.1) is 0 Å². The van der Waals surface area contributed by atoms with Crippen molar-refractivity contribution in [3.63, 3.8) is 0 Å². The number of ether oxygens (including phenoxy) is 1. The fourth-order valence-electron chi connectivity index (χ4n) is 1.97. The lowest BCUT2D eigenvalue weighted by molar-refractivity contribution is 0.0696. The van der Waals surface area contributed by atoms with Crippen LogP contribution in [0.2, 0.25) is 0 Å². The summed E-state index contributed by atoms with van der Waals surface area (Å²) in [5, 5.41) is 8.95. The molecule has 0 spiro atoms. The maximum atomic E-state index is 11.9. The highest BCUT2D eigenvalue weighted by molar-refractivity contribution is 5.94. The number of fused-ring (bicyclic) bond motifs is 1. The molecule has 1 N–H and O–H groups in total. The van der Waals surface area contributed by atoms with E-state index in [9.17, 15) is 9.59 Å². The van der Waals surface area contributed by atoms with Gasteiger partial charge in [-0.05, 0) is 38.0 Å². The Hall–Kier alpha value is -2.04. The fourth-order valence-corrected chi connectivity index (χ4v) is 1.97. The number of carbonyl (C=O) groups is 2. The predicted octanol–water partition coefficient (Wildman–Crippen LogP) is 2.29. The monoisotopic (exact) mass is 249 g/mol. The van der Waals surface area contributed by atoms with Crippen molar-refractivity contribution < 1.29 is 19.4 Å². The number of nitrogens with zero attached hydrogens (tertiary/aromatic N) is 1. The van der Waals surface area contributed by atoms with Crippen LogP contribution in [0.25, 0.3) is 0 Å². The molecule has 0 aromatic heterocycles. The van der Waals surface area contributed by atoms with E-state index in [1.165, 1.54) is 11.0 Å². The maximum absolute atomic E-state index is 11.9. The molecule has 18 heavy (non-hydrogen) atoms. The second-order valence-electron chi connectivity index (χ2n) is 4.48. The van der Waals surface area contributed by atoms with Crippen LogP contribution >= 0.6 is 0 Å². The molecule has 1 aromatic carbocycles. The Balaban J connectivity index is 2.28. The normalized spacial score (nSPS) is 13.6. The lowest BCUT2D eigenvalue weighted by atomic mass is 10.1. The van der Waals surface area contributed by atoms with Crippen molar-refractivity contribution in [3.05, 3.63) is 29.3 Å². The Kier molecular flexibility index (Phi) is 3.23. The molecule has 1 aliphatic heterocycles. The topological polar surface area (TPSA) is 66.8 Å². The Morgan fingerprint density at radius 3 is 2.72 bits per heavy atom. The SMILES string of the molecule is CC(C)OC(=O)N1CCc2ccc(C(=O)O)cc21. The molecule has 0 unspecified atom stereocenters. The summed E-state index contributed by atoms with van der Waals surface area (Å²) in [5.74, 6) is -0.998. The van der Waals surface area contributed by atoms with Gasteiger partial charge in [0.25, 0.3) is 0 Å². The summed E-state index contributed by atoms with van der Waals surface area (Å²) in [7, 11) is 0. The number of hydrogen-bond donors (Lipinski definition) is 1. The summed E-state index contributed by atoms with van der Waals surface area (Å²) in [6, 6.07) is 4.83. The first kappa shape index (κ1) is 12.4. The molecule has 0 saturated heterocycles. The van der Waals surface area contributed by atoms with Crippen LogP contribution in [-0.2, 0) is 11.2 Å². The van der Waals surface area contributed by atoms with Crippen LogP contribution in [0.4, 0.5) is 10.5 Å². The molecule has 1 aromatic rings. The van der Waals surface area contributed by atoms with Gasteiger partial charge in [0.1, 0.15) is 0 Å². The predicted molar refractivity (Wildman–Crippen MR) is 66.1 cm³/mol. The van der Waals surface area contributed by atoms with E-state index >= 15 is 0 Å². The van der Waals surface area contributed by atoms with Crippen LogP contribution in [0.1, 0.15) is 29.8 Å². The summed E-state index contributed by atoms with van der Waals surface area (Å²) in [5.41, 5.74) is 1.79. The molecule has 1 heterocycles. The first-order valence-corrected chi connectivity index (χ1v) is 5.83. The molecule has 96 valence electrons. The summed E-state index contributed by atoms with van der Waals surface area (Å²) < 4.78 is 5.13. The second kappa shape index (κ2) is 4.68. The number of carboxylic acid groups (broad SMARTS) is 1. The third kappa shape index (κ3) is 2.30. The van der Waals surface area contributed by atoms with Gasteiger partial charge in [-0.1, -0.05) is 6.07 Å². The highest BCUT2D eigenvalue weighted by Gasteiger charge is 2.27. The average Bonchev–Trinajstić information content (AvgIpc) is 2.70. The van der Waals surface area contributed by atoms with Gasteiger partial charge in [0.05, 0.1) is 17.4 Å². The number of hydrogen-bond acceptors (Lipinski definition) is 3. The van der Waals surface area contributed by atoms with Crippen molar-refractivity contribution in [2.45, 2.75) is 26.4 Å². The molecule has 5 heteroatoms. The van der Waals surface area contributed by atoms with Crippen LogP contribution < -0.4 is 4.90 Å². The third-order valence-corrected chi connectivity index (χ3v) is 2.78. The molecule has 1 aliphatic rings. The lowest BCUT2D eigenvalue weighted by Gasteiger charge is -2.19. The van der Waals surface area contributed by atoms with Crippen molar-refractivity contribution in [2.24, 2.45) is 0 Å². The van der Waals surface area contributed by atoms with Crippen molar-refractivity contribution in [3.8, 4) is 0 Å². The first-order valence-electron chi connectivity index (χ1n) is 5.83. The minimum atomic E-state index is -0.998. The number of benzene rings is 1. The van der Waals surface area contributed by atoms with E-state index < -0.39 is 12.1 Å². The Morgan fingerprint density at radius 1 is 1.39 bits per heavy atom. The van der Waals surface area contributed by atoms with Gasteiger partial charge >= 0.3 is 12.1 Å². The third-order valence-electron chi connectivity index (χ3n) is 2.78. The highest BCUT2D eigenvalue weighted by atomic mass is 16.6. The van der Waals surface area contributed by atoms with Gasteiger partial charge in [0, 0.05) is 6.54 Å². The van der Waals surface area contributed by atoms with E-state index in [-0.39, 0.29) is 11.7 Å². The van der Waals surface area contributed by atoms with Crippen molar-refractivity contribution in [2.75, 3.05) is 11.4 Å². The van der Waals surface area contributed by atoms with E-state index in [0.717, 1.165) is 12.0 Å². The van der Waals surface area contributed by atoms with Gasteiger partial charge in [0.2, 0.25) is 0 Å². The number of carboxylic acids is 1. The van der Waals surface area contributed by atoms with Gasteiger partial charge < -0.3 is 9.84 Å². The van der Waals surface area contributed by atoms with Crippen LogP contribution in [0.5, 0.6) is 0 Å². The molecule has 0 saturated carbocycles. The zero-order chi connectivity index (χ0) is 13.3. The molecule has 0 bridgehead atoms. The van der Waals surface area contributed by atoms with Gasteiger partial charge in [-0.25, -0.2) is 9.59 Å². The van der Waals surface area contributed by atoms with Crippen LogP contribution in [-0.4, -0.2) is 29.8 Å². The summed E-state index contributed by atoms with van der Waals surface area (Å²) in [6.45, 7) is 4.09. The standard InChI is InChI=1S/C13H15NO4/c1-8(2)18-13(17)14-6-5-9-3-4-10(12(15)16)7-11(9)14/h3-4,7-8H,5-6H2,1-2H3,(H,15,16). The number of amides is 1. The molecule has 0 fully saturated rings. The highest BCUT2D eigenvalue weighted by Crippen LogP contribution is 2.29. The molecule has 1 amide bonds. The van der Waals surface area contributed by atoms with E-state index in [0.29, 0.717) is 12.2 Å². The average molecular weight is 249 g/mol. The molecule has 2 rings (SSSR count). The smallest absolute Gasteiger partial charge is 0.414 e. The number of carbonyl (C=O) groups excluding carboxylic acids is 1. The molecule has 0 radical (unpaired) electrons. The minimum Gasteiger partial charge on any atom is -0.478 e. The number of aromatic carboxylic acids is 1. The molecule has 5 nitrogen and oxygen atoms in total. The van der Waals surface area contributed by atoms with E-state index in [1.807, 2.05) is 0 Å². The van der Waals surface area contributed by atoms with Crippen LogP contribution in [0, 0.1) is 0 Å². The maximum Gasteiger partial charge on any atom is 0.414 e. The van der Waals surface area contributed by atoms with Crippen LogP contribution in [0.15, 0.2) is 18.2 Å². The molecular weight excluding hydrogens is 234 g/mol. The largest absolute Gasteiger partial charge is 0.478 e. The Bertz CT molecular complexity index is 496. The van der Waals surface area contributed by atoms with Crippen molar-refractivity contribution in [1.82, 2.24) is 0 Å². The second-order valence-corrected chi connectivity index (χ2v) is 4.48. The lowest BCUT2D eigenvalue weighted by Crippen LogP contribution is -2.31. The number of anilines is 1. The fraction of sp³-hybridized carbons (Fsp3) is 0.385. The van der Waals surface area contributed by atoms with Gasteiger partial charge in [-0.3, -0.25) is 4.90 Å². The molecule has 0 aliphatic carbocycles. The van der Waals surface area contributed by atoms with E-state index in [4.69, 9.17) is 9.84 Å². The zero-order valence-corrected chi connectivity index (χ0v) is 10.3. The van der Waals surface area contributed by atoms with Gasteiger partial charge in [-0.2, -0.15) is 0 Å².